The molecule has 84 valence electrons. The predicted molar refractivity (Wildman–Crippen MR) is 63.5 cm³/mol. The molecule has 0 amide bonds. The molecule has 1 atom stereocenters. The van der Waals surface area contributed by atoms with E-state index in [0.717, 1.165) is 0 Å². The number of rotatable bonds is 1. The second-order valence-corrected chi connectivity index (χ2v) is 7.39. The molecule has 1 aliphatic rings. The van der Waals surface area contributed by atoms with Gasteiger partial charge in [0.25, 0.3) is 0 Å². The maximum Gasteiger partial charge on any atom is 0.0156 e. The molecule has 0 aromatic rings. The van der Waals surface area contributed by atoms with Crippen LogP contribution in [0, 0.1) is 10.8 Å². The topological polar surface area (TPSA) is 3.24 Å². The maximum atomic E-state index is 2.51. The Morgan fingerprint density at radius 2 is 1.64 bits per heavy atom. The van der Waals surface area contributed by atoms with E-state index in [2.05, 4.69) is 53.5 Å². The molecule has 0 aromatic carbocycles. The predicted octanol–water partition coefficient (Wildman–Crippen LogP) is 3.54. The van der Waals surface area contributed by atoms with E-state index < -0.39 is 0 Å². The van der Waals surface area contributed by atoms with Crippen LogP contribution in [-0.4, -0.2) is 24.0 Å². The van der Waals surface area contributed by atoms with Crippen LogP contribution in [0.3, 0.4) is 0 Å². The highest BCUT2D eigenvalue weighted by Crippen LogP contribution is 2.46. The van der Waals surface area contributed by atoms with E-state index in [9.17, 15) is 0 Å². The number of hydrogen-bond donors (Lipinski definition) is 0. The smallest absolute Gasteiger partial charge is 0.0156 e. The Hall–Kier alpha value is -0.0400. The monoisotopic (exact) mass is 197 g/mol. The summed E-state index contributed by atoms with van der Waals surface area (Å²) in [6.45, 7) is 15.5. The van der Waals surface area contributed by atoms with Crippen LogP contribution in [0.1, 0.15) is 54.4 Å². The second kappa shape index (κ2) is 3.23. The van der Waals surface area contributed by atoms with Crippen molar-refractivity contribution in [2.75, 3.05) is 13.6 Å². The third kappa shape index (κ3) is 2.73. The zero-order chi connectivity index (χ0) is 11.2. The molecule has 0 aliphatic carbocycles. The lowest BCUT2D eigenvalue weighted by Crippen LogP contribution is -2.34. The SMILES string of the molecule is CN1CC(C)(CC(C)(C)C)CC1(C)C. The van der Waals surface area contributed by atoms with Gasteiger partial charge in [-0.1, -0.05) is 27.7 Å². The average molecular weight is 197 g/mol. The highest BCUT2D eigenvalue weighted by molar-refractivity contribution is 4.99. The lowest BCUT2D eigenvalue weighted by molar-refractivity contribution is 0.195. The molecule has 1 saturated heterocycles. The maximum absolute atomic E-state index is 2.51. The molecule has 1 nitrogen and oxygen atoms in total. The van der Waals surface area contributed by atoms with Crippen LogP contribution in [-0.2, 0) is 0 Å². The molecule has 0 aromatic heterocycles. The van der Waals surface area contributed by atoms with E-state index in [1.807, 2.05) is 0 Å². The molecule has 1 aliphatic heterocycles. The summed E-state index contributed by atoms with van der Waals surface area (Å²) in [4.78, 5) is 2.51. The van der Waals surface area contributed by atoms with E-state index >= 15 is 0 Å². The molecule has 1 heteroatoms. The van der Waals surface area contributed by atoms with Crippen LogP contribution in [0.15, 0.2) is 0 Å². The zero-order valence-corrected chi connectivity index (χ0v) is 11.1. The van der Waals surface area contributed by atoms with Gasteiger partial charge in [0.05, 0.1) is 0 Å². The third-order valence-corrected chi connectivity index (χ3v) is 3.47. The van der Waals surface area contributed by atoms with Gasteiger partial charge in [-0.25, -0.2) is 0 Å². The number of likely N-dealkylation sites (tertiary alicyclic amines) is 1. The minimum absolute atomic E-state index is 0.389. The van der Waals surface area contributed by atoms with Crippen LogP contribution >= 0.6 is 0 Å². The summed E-state index contributed by atoms with van der Waals surface area (Å²) < 4.78 is 0. The molecule has 1 rings (SSSR count). The van der Waals surface area contributed by atoms with E-state index in [4.69, 9.17) is 0 Å². The fraction of sp³-hybridized carbons (Fsp3) is 1.00. The van der Waals surface area contributed by atoms with E-state index in [-0.39, 0.29) is 0 Å². The summed E-state index contributed by atoms with van der Waals surface area (Å²) in [7, 11) is 2.26. The molecule has 0 bridgehead atoms. The Morgan fingerprint density at radius 1 is 1.14 bits per heavy atom. The van der Waals surface area contributed by atoms with Crippen molar-refractivity contribution in [1.82, 2.24) is 4.90 Å². The highest BCUT2D eigenvalue weighted by Gasteiger charge is 2.44. The quantitative estimate of drug-likeness (QED) is 0.621. The molecule has 1 fully saturated rings. The Bertz CT molecular complexity index is 208. The largest absolute Gasteiger partial charge is 0.301 e. The van der Waals surface area contributed by atoms with Gasteiger partial charge in [-0.05, 0) is 44.6 Å². The Labute approximate surface area is 89.9 Å². The molecule has 1 unspecified atom stereocenters. The zero-order valence-electron chi connectivity index (χ0n) is 11.1. The van der Waals surface area contributed by atoms with Crippen molar-refractivity contribution in [2.45, 2.75) is 59.9 Å². The fourth-order valence-corrected chi connectivity index (χ4v) is 3.42. The van der Waals surface area contributed by atoms with Crippen molar-refractivity contribution in [3.63, 3.8) is 0 Å². The van der Waals surface area contributed by atoms with Crippen molar-refractivity contribution in [1.29, 1.82) is 0 Å². The first kappa shape index (κ1) is 12.0. The van der Waals surface area contributed by atoms with Crippen LogP contribution in [0.5, 0.6) is 0 Å². The third-order valence-electron chi connectivity index (χ3n) is 3.47. The molecule has 0 spiro atoms. The van der Waals surface area contributed by atoms with E-state index in [0.29, 0.717) is 16.4 Å². The first-order chi connectivity index (χ1) is 6.04. The summed E-state index contributed by atoms with van der Waals surface area (Å²) in [6.07, 6.45) is 2.65. The van der Waals surface area contributed by atoms with Crippen LogP contribution in [0.25, 0.3) is 0 Å². The summed E-state index contributed by atoms with van der Waals surface area (Å²) in [5, 5.41) is 0. The standard InChI is InChI=1S/C13H27N/c1-11(2,3)8-13(6)9-12(4,5)14(7)10-13/h8-10H2,1-7H3. The lowest BCUT2D eigenvalue weighted by Gasteiger charge is -2.32. The second-order valence-electron chi connectivity index (χ2n) is 7.39. The molecule has 0 N–H and O–H groups in total. The van der Waals surface area contributed by atoms with Gasteiger partial charge in [0.1, 0.15) is 0 Å². The van der Waals surface area contributed by atoms with Crippen molar-refractivity contribution in [2.24, 2.45) is 10.8 Å². The van der Waals surface area contributed by atoms with E-state index in [1.165, 1.54) is 19.4 Å². The molecule has 0 radical (unpaired) electrons. The Morgan fingerprint density at radius 3 is 1.93 bits per heavy atom. The summed E-state index contributed by atoms with van der Waals surface area (Å²) in [5.74, 6) is 0. The van der Waals surface area contributed by atoms with E-state index in [1.54, 1.807) is 0 Å². The molecule has 14 heavy (non-hydrogen) atoms. The average Bonchev–Trinajstić information content (AvgIpc) is 1.94. The van der Waals surface area contributed by atoms with Gasteiger partial charge in [-0.15, -0.1) is 0 Å². The Balaban J connectivity index is 2.71. The minimum Gasteiger partial charge on any atom is -0.301 e. The van der Waals surface area contributed by atoms with Gasteiger partial charge >= 0.3 is 0 Å². The van der Waals surface area contributed by atoms with Crippen molar-refractivity contribution in [3.8, 4) is 0 Å². The molecular formula is C13H27N. The number of nitrogens with zero attached hydrogens (tertiary/aromatic N) is 1. The highest BCUT2D eigenvalue weighted by atomic mass is 15.2. The van der Waals surface area contributed by atoms with Gasteiger partial charge in [0.2, 0.25) is 0 Å². The van der Waals surface area contributed by atoms with Gasteiger partial charge in [0, 0.05) is 12.1 Å². The first-order valence-electron chi connectivity index (χ1n) is 5.75. The summed E-state index contributed by atoms with van der Waals surface area (Å²) in [5.41, 5.74) is 1.35. The van der Waals surface area contributed by atoms with Crippen molar-refractivity contribution < 1.29 is 0 Å². The van der Waals surface area contributed by atoms with Crippen molar-refractivity contribution in [3.05, 3.63) is 0 Å². The van der Waals surface area contributed by atoms with Crippen LogP contribution in [0.4, 0.5) is 0 Å². The summed E-state index contributed by atoms with van der Waals surface area (Å²) in [6, 6.07) is 0. The van der Waals surface area contributed by atoms with Crippen LogP contribution in [0.2, 0.25) is 0 Å². The van der Waals surface area contributed by atoms with Gasteiger partial charge < -0.3 is 4.90 Å². The van der Waals surface area contributed by atoms with Gasteiger partial charge in [-0.2, -0.15) is 0 Å². The minimum atomic E-state index is 0.389. The van der Waals surface area contributed by atoms with Gasteiger partial charge in [0.15, 0.2) is 0 Å². The summed E-state index contributed by atoms with van der Waals surface area (Å²) >= 11 is 0. The first-order valence-corrected chi connectivity index (χ1v) is 5.75. The Kier molecular flexibility index (Phi) is 2.78. The van der Waals surface area contributed by atoms with Gasteiger partial charge in [-0.3, -0.25) is 0 Å². The normalized spacial score (nSPS) is 33.6. The number of hydrogen-bond acceptors (Lipinski definition) is 1. The molecule has 1 heterocycles. The molecule has 0 saturated carbocycles. The lowest BCUT2D eigenvalue weighted by atomic mass is 9.72. The van der Waals surface area contributed by atoms with Crippen LogP contribution < -0.4 is 0 Å². The van der Waals surface area contributed by atoms with Crippen molar-refractivity contribution >= 4 is 0 Å². The molecular weight excluding hydrogens is 170 g/mol. The fourth-order valence-electron chi connectivity index (χ4n) is 3.42.